The highest BCUT2D eigenvalue weighted by Crippen LogP contribution is 2.29. The van der Waals surface area contributed by atoms with Crippen LogP contribution in [0.5, 0.6) is 0 Å². The molecule has 0 amide bonds. The molecule has 20 heavy (non-hydrogen) atoms. The molecule has 0 saturated heterocycles. The third-order valence-electron chi connectivity index (χ3n) is 3.73. The maximum absolute atomic E-state index is 10.7. The van der Waals surface area contributed by atoms with Crippen LogP contribution in [-0.4, -0.2) is 14.9 Å². The lowest BCUT2D eigenvalue weighted by Gasteiger charge is -2.14. The van der Waals surface area contributed by atoms with Crippen molar-refractivity contribution in [3.8, 4) is 0 Å². The van der Waals surface area contributed by atoms with Gasteiger partial charge in [-0.2, -0.15) is 5.10 Å². The summed E-state index contributed by atoms with van der Waals surface area (Å²) < 4.78 is 1.77. The number of aromatic nitrogens is 2. The largest absolute Gasteiger partial charge is 0.382 e. The van der Waals surface area contributed by atoms with Gasteiger partial charge in [-0.3, -0.25) is 4.68 Å². The van der Waals surface area contributed by atoms with E-state index in [-0.39, 0.29) is 0 Å². The number of rotatable bonds is 3. The Morgan fingerprint density at radius 1 is 1.15 bits per heavy atom. The van der Waals surface area contributed by atoms with Crippen LogP contribution in [-0.2, 0) is 13.5 Å². The van der Waals surface area contributed by atoms with Crippen LogP contribution in [0.4, 0.5) is 0 Å². The lowest BCUT2D eigenvalue weighted by molar-refractivity contribution is 0.211. The average Bonchev–Trinajstić information content (AvgIpc) is 2.87. The van der Waals surface area contributed by atoms with E-state index in [9.17, 15) is 5.11 Å². The molecule has 3 rings (SSSR count). The molecular formula is C17H18N2O. The van der Waals surface area contributed by atoms with E-state index >= 15 is 0 Å². The van der Waals surface area contributed by atoms with Gasteiger partial charge in [-0.05, 0) is 28.8 Å². The first-order chi connectivity index (χ1) is 9.70. The van der Waals surface area contributed by atoms with Crippen LogP contribution in [0.15, 0.2) is 48.5 Å². The summed E-state index contributed by atoms with van der Waals surface area (Å²) in [6.07, 6.45) is 0.217. The Labute approximate surface area is 118 Å². The van der Waals surface area contributed by atoms with Gasteiger partial charge in [0, 0.05) is 7.05 Å². The zero-order valence-electron chi connectivity index (χ0n) is 11.7. The number of aliphatic hydroxyl groups excluding tert-OH is 1. The van der Waals surface area contributed by atoms with Crippen LogP contribution in [0.3, 0.4) is 0 Å². The first kappa shape index (κ1) is 12.9. The second-order valence-corrected chi connectivity index (χ2v) is 5.01. The summed E-state index contributed by atoms with van der Waals surface area (Å²) in [4.78, 5) is 0. The van der Waals surface area contributed by atoms with Gasteiger partial charge in [-0.25, -0.2) is 0 Å². The lowest BCUT2D eigenvalue weighted by Crippen LogP contribution is -2.07. The smallest absolute Gasteiger partial charge is 0.121 e. The normalized spacial score (nSPS) is 12.8. The second kappa shape index (κ2) is 5.10. The minimum Gasteiger partial charge on any atom is -0.382 e. The summed E-state index contributed by atoms with van der Waals surface area (Å²) in [6.45, 7) is 2.07. The number of fused-ring (bicyclic) bond motifs is 1. The molecule has 1 N–H and O–H groups in total. The number of nitrogens with zero attached hydrogens (tertiary/aromatic N) is 2. The minimum absolute atomic E-state index is 0.654. The topological polar surface area (TPSA) is 38.0 Å². The molecule has 0 fully saturated rings. The number of benzene rings is 2. The molecule has 3 heteroatoms. The van der Waals surface area contributed by atoms with Gasteiger partial charge in [0.15, 0.2) is 0 Å². The molecule has 1 unspecified atom stereocenters. The van der Waals surface area contributed by atoms with Crippen LogP contribution < -0.4 is 0 Å². The number of aliphatic hydroxyl groups is 1. The van der Waals surface area contributed by atoms with E-state index in [1.807, 2.05) is 43.4 Å². The molecule has 3 aromatic rings. The van der Waals surface area contributed by atoms with E-state index in [1.165, 1.54) is 0 Å². The van der Waals surface area contributed by atoms with Crippen molar-refractivity contribution in [1.82, 2.24) is 9.78 Å². The van der Waals surface area contributed by atoms with Crippen molar-refractivity contribution < 1.29 is 5.11 Å². The maximum atomic E-state index is 10.7. The van der Waals surface area contributed by atoms with Gasteiger partial charge in [0.05, 0.1) is 11.4 Å². The number of hydrogen-bond acceptors (Lipinski definition) is 2. The summed E-state index contributed by atoms with van der Waals surface area (Å²) >= 11 is 0. The van der Waals surface area contributed by atoms with Gasteiger partial charge in [-0.15, -0.1) is 0 Å². The summed E-state index contributed by atoms with van der Waals surface area (Å²) in [7, 11) is 1.88. The molecule has 0 aliphatic rings. The van der Waals surface area contributed by atoms with Gasteiger partial charge in [0.25, 0.3) is 0 Å². The molecule has 102 valence electrons. The second-order valence-electron chi connectivity index (χ2n) is 5.01. The molecule has 1 heterocycles. The van der Waals surface area contributed by atoms with Crippen LogP contribution in [0, 0.1) is 0 Å². The zero-order chi connectivity index (χ0) is 14.1. The van der Waals surface area contributed by atoms with E-state index in [4.69, 9.17) is 0 Å². The molecule has 0 spiro atoms. The Hall–Kier alpha value is -2.13. The van der Waals surface area contributed by atoms with Gasteiger partial charge < -0.3 is 5.11 Å². The average molecular weight is 266 g/mol. The van der Waals surface area contributed by atoms with Gasteiger partial charge in [-0.1, -0.05) is 49.4 Å². The lowest BCUT2D eigenvalue weighted by atomic mass is 9.98. The van der Waals surface area contributed by atoms with Crippen LogP contribution >= 0.6 is 0 Å². The van der Waals surface area contributed by atoms with Gasteiger partial charge in [0.1, 0.15) is 6.10 Å². The molecule has 1 aromatic heterocycles. The molecule has 0 radical (unpaired) electrons. The first-order valence-corrected chi connectivity index (χ1v) is 6.89. The van der Waals surface area contributed by atoms with Crippen LogP contribution in [0.1, 0.15) is 30.0 Å². The fourth-order valence-corrected chi connectivity index (χ4v) is 2.62. The summed E-state index contributed by atoms with van der Waals surface area (Å²) in [5, 5.41) is 17.4. The van der Waals surface area contributed by atoms with Crippen LogP contribution in [0.2, 0.25) is 0 Å². The number of aryl methyl sites for hydroxylation is 2. The highest BCUT2D eigenvalue weighted by molar-refractivity contribution is 5.86. The molecule has 3 nitrogen and oxygen atoms in total. The minimum atomic E-state index is -0.654. The van der Waals surface area contributed by atoms with Crippen LogP contribution in [0.25, 0.3) is 10.8 Å². The maximum Gasteiger partial charge on any atom is 0.121 e. The zero-order valence-corrected chi connectivity index (χ0v) is 11.7. The Bertz CT molecular complexity index is 740. The van der Waals surface area contributed by atoms with Gasteiger partial charge >= 0.3 is 0 Å². The van der Waals surface area contributed by atoms with Gasteiger partial charge in [0.2, 0.25) is 0 Å². The predicted molar refractivity (Wildman–Crippen MR) is 80.6 cm³/mol. The van der Waals surface area contributed by atoms with Crippen molar-refractivity contribution in [1.29, 1.82) is 0 Å². The van der Waals surface area contributed by atoms with Crippen molar-refractivity contribution in [2.24, 2.45) is 7.05 Å². The van der Waals surface area contributed by atoms with Crippen molar-refractivity contribution >= 4 is 10.8 Å². The van der Waals surface area contributed by atoms with Crippen molar-refractivity contribution in [2.45, 2.75) is 19.4 Å². The first-order valence-electron chi connectivity index (χ1n) is 6.89. The third-order valence-corrected chi connectivity index (χ3v) is 3.73. The van der Waals surface area contributed by atoms with E-state index < -0.39 is 6.10 Å². The van der Waals surface area contributed by atoms with E-state index in [1.54, 1.807) is 4.68 Å². The van der Waals surface area contributed by atoms with Crippen molar-refractivity contribution in [3.63, 3.8) is 0 Å². The summed E-state index contributed by atoms with van der Waals surface area (Å²) in [5.74, 6) is 0. The molecule has 0 saturated carbocycles. The van der Waals surface area contributed by atoms with Crippen molar-refractivity contribution in [3.05, 3.63) is 65.5 Å². The van der Waals surface area contributed by atoms with E-state index in [0.29, 0.717) is 0 Å². The number of hydrogen-bond donors (Lipinski definition) is 1. The fourth-order valence-electron chi connectivity index (χ4n) is 2.62. The summed E-state index contributed by atoms with van der Waals surface area (Å²) in [6, 6.07) is 16.1. The van der Waals surface area contributed by atoms with Crippen molar-refractivity contribution in [2.75, 3.05) is 0 Å². The molecule has 2 aromatic carbocycles. The molecule has 0 aliphatic carbocycles. The molecule has 0 bridgehead atoms. The molecule has 0 aliphatic heterocycles. The Kier molecular flexibility index (Phi) is 3.28. The quantitative estimate of drug-likeness (QED) is 0.790. The Balaban J connectivity index is 2.12. The van der Waals surface area contributed by atoms with E-state index in [2.05, 4.69) is 24.2 Å². The SMILES string of the molecule is CCc1cc(C(O)c2cccc3ccccc23)n(C)n1. The standard InChI is InChI=1S/C17H18N2O/c1-3-13-11-16(19(2)18-13)17(20)15-10-6-8-12-7-4-5-9-14(12)15/h4-11,17,20H,3H2,1-2H3. The molecular weight excluding hydrogens is 248 g/mol. The summed E-state index contributed by atoms with van der Waals surface area (Å²) in [5.41, 5.74) is 2.76. The third kappa shape index (κ3) is 2.10. The fraction of sp³-hybridized carbons (Fsp3) is 0.235. The highest BCUT2D eigenvalue weighted by atomic mass is 16.3. The Morgan fingerprint density at radius 3 is 2.65 bits per heavy atom. The predicted octanol–water partition coefficient (Wildman–Crippen LogP) is 3.22. The highest BCUT2D eigenvalue weighted by Gasteiger charge is 2.17. The Morgan fingerprint density at radius 2 is 1.90 bits per heavy atom. The molecule has 1 atom stereocenters. The van der Waals surface area contributed by atoms with E-state index in [0.717, 1.165) is 34.1 Å². The monoisotopic (exact) mass is 266 g/mol.